The van der Waals surface area contributed by atoms with Crippen LogP contribution in [0.3, 0.4) is 0 Å². The first kappa shape index (κ1) is 14.1. The second-order valence-electron chi connectivity index (χ2n) is 5.27. The van der Waals surface area contributed by atoms with Crippen LogP contribution in [0.5, 0.6) is 0 Å². The molecule has 3 aromatic rings. The van der Waals surface area contributed by atoms with Gasteiger partial charge in [0.05, 0.1) is 12.0 Å². The Morgan fingerprint density at radius 2 is 1.95 bits per heavy atom. The van der Waals surface area contributed by atoms with Crippen molar-refractivity contribution in [3.63, 3.8) is 0 Å². The van der Waals surface area contributed by atoms with Crippen LogP contribution < -0.4 is 5.32 Å². The molecule has 1 aromatic carbocycles. The summed E-state index contributed by atoms with van der Waals surface area (Å²) in [7, 11) is 0. The molecule has 0 aliphatic rings. The highest BCUT2D eigenvalue weighted by Gasteiger charge is 2.19. The van der Waals surface area contributed by atoms with E-state index in [0.29, 0.717) is 17.1 Å². The molecule has 2 heterocycles. The molecule has 5 heteroatoms. The highest BCUT2D eigenvalue weighted by atomic mass is 16.3. The Hall–Kier alpha value is -2.82. The van der Waals surface area contributed by atoms with E-state index in [1.165, 1.54) is 0 Å². The van der Waals surface area contributed by atoms with Crippen LogP contribution in [-0.2, 0) is 0 Å². The van der Waals surface area contributed by atoms with E-state index in [1.807, 2.05) is 50.2 Å². The van der Waals surface area contributed by atoms with Crippen LogP contribution in [0.1, 0.15) is 24.3 Å². The zero-order valence-corrected chi connectivity index (χ0v) is 12.5. The van der Waals surface area contributed by atoms with Gasteiger partial charge in [-0.05, 0) is 38.1 Å². The molecule has 1 N–H and O–H groups in total. The van der Waals surface area contributed by atoms with Crippen molar-refractivity contribution in [2.75, 3.05) is 0 Å². The number of carbonyl (C=O) groups excluding carboxylic acids is 1. The molecule has 112 valence electrons. The summed E-state index contributed by atoms with van der Waals surface area (Å²) < 4.78 is 7.01. The monoisotopic (exact) mass is 295 g/mol. The van der Waals surface area contributed by atoms with Gasteiger partial charge in [0, 0.05) is 12.1 Å². The summed E-state index contributed by atoms with van der Waals surface area (Å²) in [6.45, 7) is 3.85. The van der Waals surface area contributed by atoms with Crippen LogP contribution in [-0.4, -0.2) is 21.7 Å². The van der Waals surface area contributed by atoms with Gasteiger partial charge in [0.1, 0.15) is 11.4 Å². The predicted octanol–water partition coefficient (Wildman–Crippen LogP) is 3.27. The van der Waals surface area contributed by atoms with Gasteiger partial charge in [-0.25, -0.2) is 4.68 Å². The Labute approximate surface area is 128 Å². The molecule has 2 aromatic heterocycles. The van der Waals surface area contributed by atoms with Crippen molar-refractivity contribution in [2.45, 2.75) is 19.9 Å². The standard InChI is InChI=1S/C17H17N3O2/c1-12(2)18-17(21)15-11-14(16-9-6-10-22-16)19-20(15)13-7-4-3-5-8-13/h3-12H,1-2H3,(H,18,21). The fourth-order valence-corrected chi connectivity index (χ4v) is 2.19. The zero-order chi connectivity index (χ0) is 15.5. The number of aromatic nitrogens is 2. The highest BCUT2D eigenvalue weighted by molar-refractivity contribution is 5.94. The van der Waals surface area contributed by atoms with Crippen LogP contribution in [0.25, 0.3) is 17.1 Å². The third kappa shape index (κ3) is 2.79. The molecule has 0 aliphatic carbocycles. The van der Waals surface area contributed by atoms with E-state index in [0.717, 1.165) is 5.69 Å². The molecule has 0 atom stereocenters. The van der Waals surface area contributed by atoms with E-state index in [4.69, 9.17) is 4.42 Å². The van der Waals surface area contributed by atoms with Crippen molar-refractivity contribution in [2.24, 2.45) is 0 Å². The number of hydrogen-bond donors (Lipinski definition) is 1. The van der Waals surface area contributed by atoms with Gasteiger partial charge in [-0.15, -0.1) is 0 Å². The Morgan fingerprint density at radius 1 is 1.18 bits per heavy atom. The first-order valence-electron chi connectivity index (χ1n) is 7.15. The summed E-state index contributed by atoms with van der Waals surface area (Å²) in [6, 6.07) is 15.0. The highest BCUT2D eigenvalue weighted by Crippen LogP contribution is 2.22. The fourth-order valence-electron chi connectivity index (χ4n) is 2.19. The van der Waals surface area contributed by atoms with Crippen molar-refractivity contribution in [1.29, 1.82) is 0 Å². The molecule has 1 amide bonds. The van der Waals surface area contributed by atoms with Gasteiger partial charge in [-0.3, -0.25) is 4.79 Å². The van der Waals surface area contributed by atoms with Crippen LogP contribution in [0.2, 0.25) is 0 Å². The molecule has 0 aliphatic heterocycles. The second kappa shape index (κ2) is 5.89. The molecule has 3 rings (SSSR count). The van der Waals surface area contributed by atoms with Crippen molar-refractivity contribution >= 4 is 5.91 Å². The number of para-hydroxylation sites is 1. The molecule has 0 fully saturated rings. The summed E-state index contributed by atoms with van der Waals surface area (Å²) in [5.74, 6) is 0.470. The SMILES string of the molecule is CC(C)NC(=O)c1cc(-c2ccco2)nn1-c1ccccc1. The third-order valence-electron chi connectivity index (χ3n) is 3.14. The molecule has 0 spiro atoms. The number of rotatable bonds is 4. The first-order chi connectivity index (χ1) is 10.6. The van der Waals surface area contributed by atoms with Gasteiger partial charge in [0.25, 0.3) is 5.91 Å². The lowest BCUT2D eigenvalue weighted by molar-refractivity contribution is 0.0935. The van der Waals surface area contributed by atoms with Crippen LogP contribution in [0, 0.1) is 0 Å². The molecular formula is C17H17N3O2. The lowest BCUT2D eigenvalue weighted by Gasteiger charge is -2.10. The molecule has 0 saturated carbocycles. The van der Waals surface area contributed by atoms with Gasteiger partial charge in [0.15, 0.2) is 5.76 Å². The number of benzene rings is 1. The van der Waals surface area contributed by atoms with Crippen molar-refractivity contribution in [1.82, 2.24) is 15.1 Å². The summed E-state index contributed by atoms with van der Waals surface area (Å²) in [5.41, 5.74) is 1.93. The third-order valence-corrected chi connectivity index (χ3v) is 3.14. The normalized spacial score (nSPS) is 10.9. The van der Waals surface area contributed by atoms with Gasteiger partial charge in [-0.2, -0.15) is 5.10 Å². The maximum Gasteiger partial charge on any atom is 0.270 e. The Bertz CT molecular complexity index is 759. The molecule has 0 bridgehead atoms. The van der Waals surface area contributed by atoms with Gasteiger partial charge >= 0.3 is 0 Å². The lowest BCUT2D eigenvalue weighted by atomic mass is 10.2. The minimum atomic E-state index is -0.163. The van der Waals surface area contributed by atoms with Crippen LogP contribution in [0.15, 0.2) is 59.2 Å². The largest absolute Gasteiger partial charge is 0.463 e. The van der Waals surface area contributed by atoms with Gasteiger partial charge in [0.2, 0.25) is 0 Å². The van der Waals surface area contributed by atoms with Crippen molar-refractivity contribution in [3.8, 4) is 17.1 Å². The predicted molar refractivity (Wildman–Crippen MR) is 83.9 cm³/mol. The van der Waals surface area contributed by atoms with Crippen molar-refractivity contribution < 1.29 is 9.21 Å². The van der Waals surface area contributed by atoms with E-state index in [1.54, 1.807) is 23.1 Å². The zero-order valence-electron chi connectivity index (χ0n) is 12.5. The number of furan rings is 1. The fraction of sp³-hybridized carbons (Fsp3) is 0.176. The van der Waals surface area contributed by atoms with E-state index in [-0.39, 0.29) is 11.9 Å². The smallest absolute Gasteiger partial charge is 0.270 e. The quantitative estimate of drug-likeness (QED) is 0.803. The van der Waals surface area contributed by atoms with Gasteiger partial charge in [-0.1, -0.05) is 18.2 Å². The summed E-state index contributed by atoms with van der Waals surface area (Å²) in [6.07, 6.45) is 1.59. The van der Waals surface area contributed by atoms with E-state index in [2.05, 4.69) is 10.4 Å². The first-order valence-corrected chi connectivity index (χ1v) is 7.15. The maximum absolute atomic E-state index is 12.4. The Morgan fingerprint density at radius 3 is 2.59 bits per heavy atom. The molecule has 0 radical (unpaired) electrons. The van der Waals surface area contributed by atoms with Crippen LogP contribution >= 0.6 is 0 Å². The number of hydrogen-bond acceptors (Lipinski definition) is 3. The molecular weight excluding hydrogens is 278 g/mol. The average Bonchev–Trinajstić information content (AvgIpc) is 3.16. The molecule has 0 saturated heterocycles. The Balaban J connectivity index is 2.08. The van der Waals surface area contributed by atoms with E-state index >= 15 is 0 Å². The maximum atomic E-state index is 12.4. The lowest BCUT2D eigenvalue weighted by Crippen LogP contribution is -2.31. The summed E-state index contributed by atoms with van der Waals surface area (Å²) in [4.78, 5) is 12.4. The number of carbonyl (C=O) groups is 1. The summed E-state index contributed by atoms with van der Waals surface area (Å²) >= 11 is 0. The minimum absolute atomic E-state index is 0.0543. The second-order valence-corrected chi connectivity index (χ2v) is 5.27. The topological polar surface area (TPSA) is 60.1 Å². The number of nitrogens with zero attached hydrogens (tertiary/aromatic N) is 2. The average molecular weight is 295 g/mol. The van der Waals surface area contributed by atoms with Gasteiger partial charge < -0.3 is 9.73 Å². The van der Waals surface area contributed by atoms with Crippen molar-refractivity contribution in [3.05, 3.63) is 60.5 Å². The van der Waals surface area contributed by atoms with E-state index < -0.39 is 0 Å². The number of nitrogens with one attached hydrogen (secondary N) is 1. The molecule has 0 unspecified atom stereocenters. The van der Waals surface area contributed by atoms with E-state index in [9.17, 15) is 4.79 Å². The molecule has 22 heavy (non-hydrogen) atoms. The van der Waals surface area contributed by atoms with Crippen LogP contribution in [0.4, 0.5) is 0 Å². The number of amides is 1. The summed E-state index contributed by atoms with van der Waals surface area (Å²) in [5, 5.41) is 7.41. The minimum Gasteiger partial charge on any atom is -0.463 e. The Kier molecular flexibility index (Phi) is 3.78. The molecule has 5 nitrogen and oxygen atoms in total.